The lowest BCUT2D eigenvalue weighted by Crippen LogP contribution is -2.38. The van der Waals surface area contributed by atoms with Gasteiger partial charge in [-0.15, -0.1) is 0 Å². The molecule has 0 unspecified atom stereocenters. The number of hydrogen-bond acceptors (Lipinski definition) is 4. The number of ether oxygens (including phenoxy) is 2. The first-order valence-corrected chi connectivity index (χ1v) is 8.21. The highest BCUT2D eigenvalue weighted by atomic mass is 16.6. The number of rotatable bonds is 3. The average Bonchev–Trinajstić information content (AvgIpc) is 2.46. The summed E-state index contributed by atoms with van der Waals surface area (Å²) in [7, 11) is 1.59. The molecule has 0 aliphatic heterocycles. The second-order valence-electron chi connectivity index (χ2n) is 7.26. The zero-order valence-corrected chi connectivity index (χ0v) is 14.6. The number of carbonyl (C=O) groups excluding carboxylic acids is 1. The zero-order chi connectivity index (χ0) is 17.1. The summed E-state index contributed by atoms with van der Waals surface area (Å²) in [6, 6.07) is 5.74. The molecule has 0 atom stereocenters. The van der Waals surface area contributed by atoms with Gasteiger partial charge in [-0.05, 0) is 51.3 Å². The number of nitrogens with one attached hydrogen (secondary N) is 1. The van der Waals surface area contributed by atoms with E-state index < -0.39 is 11.7 Å². The zero-order valence-electron chi connectivity index (χ0n) is 14.6. The van der Waals surface area contributed by atoms with Gasteiger partial charge < -0.3 is 15.2 Å². The summed E-state index contributed by atoms with van der Waals surface area (Å²) in [6.07, 6.45) is 5.01. The number of amides is 1. The Morgan fingerprint density at radius 1 is 1.22 bits per heavy atom. The van der Waals surface area contributed by atoms with Crippen LogP contribution in [0.25, 0.3) is 0 Å². The molecule has 5 nitrogen and oxygen atoms in total. The van der Waals surface area contributed by atoms with Crippen molar-refractivity contribution in [2.24, 2.45) is 5.73 Å². The van der Waals surface area contributed by atoms with Gasteiger partial charge in [-0.2, -0.15) is 0 Å². The van der Waals surface area contributed by atoms with Gasteiger partial charge >= 0.3 is 6.09 Å². The Bertz CT molecular complexity index is 558. The van der Waals surface area contributed by atoms with Crippen molar-refractivity contribution in [3.63, 3.8) is 0 Å². The highest BCUT2D eigenvalue weighted by Gasteiger charge is 2.30. The van der Waals surface area contributed by atoms with Crippen molar-refractivity contribution in [3.05, 3.63) is 23.8 Å². The molecule has 1 aromatic rings. The fourth-order valence-corrected chi connectivity index (χ4v) is 2.99. The number of carbonyl (C=O) groups is 1. The fraction of sp³-hybridized carbons (Fsp3) is 0.611. The van der Waals surface area contributed by atoms with Crippen molar-refractivity contribution >= 4 is 11.8 Å². The Balaban J connectivity index is 2.18. The number of nitrogens with two attached hydrogens (primary N) is 1. The number of anilines is 1. The van der Waals surface area contributed by atoms with Gasteiger partial charge in [0.15, 0.2) is 0 Å². The van der Waals surface area contributed by atoms with E-state index in [0.717, 1.165) is 31.2 Å². The summed E-state index contributed by atoms with van der Waals surface area (Å²) in [5, 5.41) is 2.73. The van der Waals surface area contributed by atoms with Crippen LogP contribution < -0.4 is 15.8 Å². The van der Waals surface area contributed by atoms with Crippen molar-refractivity contribution in [1.29, 1.82) is 0 Å². The van der Waals surface area contributed by atoms with Gasteiger partial charge in [0.05, 0.1) is 12.8 Å². The summed E-state index contributed by atoms with van der Waals surface area (Å²) in [4.78, 5) is 11.9. The monoisotopic (exact) mass is 320 g/mol. The van der Waals surface area contributed by atoms with E-state index in [9.17, 15) is 4.79 Å². The van der Waals surface area contributed by atoms with Crippen LogP contribution in [0.15, 0.2) is 18.2 Å². The van der Waals surface area contributed by atoms with Crippen LogP contribution in [-0.4, -0.2) is 18.8 Å². The molecule has 2 rings (SSSR count). The summed E-state index contributed by atoms with van der Waals surface area (Å²) in [6.45, 7) is 5.48. The van der Waals surface area contributed by atoms with E-state index in [1.807, 2.05) is 39.0 Å². The van der Waals surface area contributed by atoms with E-state index in [1.165, 1.54) is 6.42 Å². The van der Waals surface area contributed by atoms with Gasteiger partial charge in [0.25, 0.3) is 0 Å². The molecule has 128 valence electrons. The Hall–Kier alpha value is -1.75. The van der Waals surface area contributed by atoms with Crippen LogP contribution in [0.4, 0.5) is 10.5 Å². The molecule has 1 aromatic carbocycles. The third-order valence-electron chi connectivity index (χ3n) is 4.16. The first-order chi connectivity index (χ1) is 10.7. The topological polar surface area (TPSA) is 73.6 Å². The molecular formula is C18H28N2O3. The highest BCUT2D eigenvalue weighted by Crippen LogP contribution is 2.38. The molecule has 0 bridgehead atoms. The van der Waals surface area contributed by atoms with Gasteiger partial charge in [-0.3, -0.25) is 5.32 Å². The average molecular weight is 320 g/mol. The third-order valence-corrected chi connectivity index (χ3v) is 4.16. The lowest BCUT2D eigenvalue weighted by molar-refractivity contribution is 0.0635. The van der Waals surface area contributed by atoms with Crippen LogP contribution in [0, 0.1) is 0 Å². The molecule has 0 saturated heterocycles. The summed E-state index contributed by atoms with van der Waals surface area (Å²) < 4.78 is 10.7. The largest absolute Gasteiger partial charge is 0.495 e. The Morgan fingerprint density at radius 2 is 1.87 bits per heavy atom. The highest BCUT2D eigenvalue weighted by molar-refractivity contribution is 5.87. The number of hydrogen-bond donors (Lipinski definition) is 2. The van der Waals surface area contributed by atoms with E-state index in [0.29, 0.717) is 11.4 Å². The van der Waals surface area contributed by atoms with Crippen LogP contribution in [0.5, 0.6) is 5.75 Å². The SMILES string of the molecule is COc1cc(C2(N)CCCCC2)ccc1NC(=O)OC(C)(C)C. The maximum absolute atomic E-state index is 11.9. The maximum Gasteiger partial charge on any atom is 0.412 e. The molecule has 1 amide bonds. The molecule has 1 aliphatic rings. The fourth-order valence-electron chi connectivity index (χ4n) is 2.99. The van der Waals surface area contributed by atoms with E-state index in [1.54, 1.807) is 7.11 Å². The molecule has 1 fully saturated rings. The minimum Gasteiger partial charge on any atom is -0.495 e. The molecule has 3 N–H and O–H groups in total. The molecule has 1 aliphatic carbocycles. The van der Waals surface area contributed by atoms with E-state index in [-0.39, 0.29) is 5.54 Å². The molecule has 23 heavy (non-hydrogen) atoms. The van der Waals surface area contributed by atoms with Gasteiger partial charge in [0, 0.05) is 5.54 Å². The molecular weight excluding hydrogens is 292 g/mol. The van der Waals surface area contributed by atoms with Crippen molar-refractivity contribution in [3.8, 4) is 5.75 Å². The standard InChI is InChI=1S/C18H28N2O3/c1-17(2,3)23-16(21)20-14-9-8-13(12-15(14)22-4)18(19)10-6-5-7-11-18/h8-9,12H,5-7,10-11,19H2,1-4H3,(H,20,21). The van der Waals surface area contributed by atoms with Gasteiger partial charge in [0.2, 0.25) is 0 Å². The van der Waals surface area contributed by atoms with E-state index in [2.05, 4.69) is 5.32 Å². The Labute approximate surface area is 138 Å². The normalized spacial score (nSPS) is 17.4. The molecule has 0 spiro atoms. The number of benzene rings is 1. The molecule has 5 heteroatoms. The molecule has 1 saturated carbocycles. The quantitative estimate of drug-likeness (QED) is 0.877. The van der Waals surface area contributed by atoms with Crippen LogP contribution in [-0.2, 0) is 10.3 Å². The smallest absolute Gasteiger partial charge is 0.412 e. The Morgan fingerprint density at radius 3 is 2.43 bits per heavy atom. The Kier molecular flexibility index (Phi) is 5.19. The summed E-state index contributed by atoms with van der Waals surface area (Å²) in [5.74, 6) is 0.601. The van der Waals surface area contributed by atoms with Crippen molar-refractivity contribution in [2.45, 2.75) is 64.0 Å². The van der Waals surface area contributed by atoms with Crippen LogP contribution in [0.1, 0.15) is 58.4 Å². The minimum atomic E-state index is -0.541. The summed E-state index contributed by atoms with van der Waals surface area (Å²) >= 11 is 0. The predicted molar refractivity (Wildman–Crippen MR) is 91.8 cm³/mol. The third kappa shape index (κ3) is 4.61. The van der Waals surface area contributed by atoms with Crippen molar-refractivity contribution < 1.29 is 14.3 Å². The molecule has 0 heterocycles. The van der Waals surface area contributed by atoms with Gasteiger partial charge in [-0.1, -0.05) is 25.3 Å². The maximum atomic E-state index is 11.9. The summed E-state index contributed by atoms with van der Waals surface area (Å²) in [5.41, 5.74) is 7.38. The second-order valence-corrected chi connectivity index (χ2v) is 7.26. The molecule has 0 aromatic heterocycles. The lowest BCUT2D eigenvalue weighted by atomic mass is 9.77. The lowest BCUT2D eigenvalue weighted by Gasteiger charge is -2.34. The van der Waals surface area contributed by atoms with E-state index in [4.69, 9.17) is 15.2 Å². The van der Waals surface area contributed by atoms with Crippen molar-refractivity contribution in [2.75, 3.05) is 12.4 Å². The van der Waals surface area contributed by atoms with Crippen LogP contribution in [0.3, 0.4) is 0 Å². The predicted octanol–water partition coefficient (Wildman–Crippen LogP) is 4.16. The second kappa shape index (κ2) is 6.79. The first kappa shape index (κ1) is 17.6. The van der Waals surface area contributed by atoms with Gasteiger partial charge in [-0.25, -0.2) is 4.79 Å². The molecule has 0 radical (unpaired) electrons. The first-order valence-electron chi connectivity index (χ1n) is 8.21. The minimum absolute atomic E-state index is 0.296. The van der Waals surface area contributed by atoms with Crippen molar-refractivity contribution in [1.82, 2.24) is 0 Å². The van der Waals surface area contributed by atoms with Crippen LogP contribution >= 0.6 is 0 Å². The van der Waals surface area contributed by atoms with Gasteiger partial charge in [0.1, 0.15) is 11.4 Å². The number of methoxy groups -OCH3 is 1. The van der Waals surface area contributed by atoms with Crippen LogP contribution in [0.2, 0.25) is 0 Å². The van der Waals surface area contributed by atoms with E-state index >= 15 is 0 Å².